The largest absolute Gasteiger partial charge is 0.381 e. The molecule has 0 amide bonds. The van der Waals surface area contributed by atoms with Crippen LogP contribution < -0.4 is 5.32 Å². The molecule has 0 bridgehead atoms. The molecule has 0 saturated carbocycles. The summed E-state index contributed by atoms with van der Waals surface area (Å²) in [6, 6.07) is 11.3. The molecule has 0 spiro atoms. The lowest BCUT2D eigenvalue weighted by Crippen LogP contribution is -2.35. The van der Waals surface area contributed by atoms with E-state index in [-0.39, 0.29) is 0 Å². The molecule has 1 heterocycles. The van der Waals surface area contributed by atoms with Crippen LogP contribution in [0.2, 0.25) is 0 Å². The van der Waals surface area contributed by atoms with Crippen LogP contribution in [0, 0.1) is 5.92 Å². The molecule has 1 aromatic rings. The van der Waals surface area contributed by atoms with Gasteiger partial charge in [-0.2, -0.15) is 11.8 Å². The lowest BCUT2D eigenvalue weighted by atomic mass is 9.96. The molecule has 1 aliphatic rings. The Labute approximate surface area is 134 Å². The summed E-state index contributed by atoms with van der Waals surface area (Å²) in [7, 11) is 0. The minimum atomic E-state index is 0.434. The van der Waals surface area contributed by atoms with E-state index in [1.54, 1.807) is 0 Å². The van der Waals surface area contributed by atoms with E-state index in [2.05, 4.69) is 68.2 Å². The number of thioether (sulfide) groups is 1. The van der Waals surface area contributed by atoms with Gasteiger partial charge in [-0.25, -0.2) is 0 Å². The van der Waals surface area contributed by atoms with Gasteiger partial charge in [-0.15, -0.1) is 0 Å². The SMILES string of the molecule is CCNC(c1ccccc1)C(SC1CCOCC1)C(C)C. The highest BCUT2D eigenvalue weighted by atomic mass is 32.2. The number of ether oxygens (including phenoxy) is 1. The summed E-state index contributed by atoms with van der Waals surface area (Å²) >= 11 is 2.17. The van der Waals surface area contributed by atoms with Crippen LogP contribution in [-0.4, -0.2) is 30.3 Å². The van der Waals surface area contributed by atoms with Gasteiger partial charge in [0, 0.05) is 29.8 Å². The van der Waals surface area contributed by atoms with Crippen LogP contribution in [0.5, 0.6) is 0 Å². The van der Waals surface area contributed by atoms with E-state index in [0.717, 1.165) is 25.0 Å². The molecule has 0 aliphatic carbocycles. The van der Waals surface area contributed by atoms with Crippen LogP contribution in [0.1, 0.15) is 45.2 Å². The summed E-state index contributed by atoms with van der Waals surface area (Å²) in [5, 5.41) is 5.07. The van der Waals surface area contributed by atoms with E-state index < -0.39 is 0 Å². The van der Waals surface area contributed by atoms with Crippen LogP contribution in [0.3, 0.4) is 0 Å². The molecule has 1 aromatic carbocycles. The summed E-state index contributed by atoms with van der Waals surface area (Å²) in [5.74, 6) is 0.655. The zero-order valence-electron chi connectivity index (χ0n) is 13.5. The van der Waals surface area contributed by atoms with Gasteiger partial charge in [0.1, 0.15) is 0 Å². The van der Waals surface area contributed by atoms with E-state index in [9.17, 15) is 0 Å². The van der Waals surface area contributed by atoms with Gasteiger partial charge in [-0.05, 0) is 30.9 Å². The standard InChI is InChI=1S/C18H29NOS/c1-4-19-17(15-8-6-5-7-9-15)18(14(2)3)21-16-10-12-20-13-11-16/h5-9,14,16-19H,4,10-13H2,1-3H3. The monoisotopic (exact) mass is 307 g/mol. The topological polar surface area (TPSA) is 21.3 Å². The Morgan fingerprint density at radius 1 is 1.19 bits per heavy atom. The average Bonchev–Trinajstić information content (AvgIpc) is 2.52. The zero-order valence-corrected chi connectivity index (χ0v) is 14.4. The third kappa shape index (κ3) is 5.01. The Morgan fingerprint density at radius 2 is 1.86 bits per heavy atom. The molecule has 2 atom stereocenters. The van der Waals surface area contributed by atoms with Gasteiger partial charge in [-0.1, -0.05) is 51.1 Å². The molecule has 2 rings (SSSR count). The first-order valence-corrected chi connectivity index (χ1v) is 9.18. The lowest BCUT2D eigenvalue weighted by molar-refractivity contribution is 0.0998. The van der Waals surface area contributed by atoms with Gasteiger partial charge in [0.2, 0.25) is 0 Å². The maximum atomic E-state index is 5.51. The van der Waals surface area contributed by atoms with Crippen molar-refractivity contribution in [1.29, 1.82) is 0 Å². The number of hydrogen-bond donors (Lipinski definition) is 1. The summed E-state index contributed by atoms with van der Waals surface area (Å²) < 4.78 is 5.51. The highest BCUT2D eigenvalue weighted by Crippen LogP contribution is 2.37. The molecule has 2 unspecified atom stereocenters. The molecule has 1 N–H and O–H groups in total. The first-order chi connectivity index (χ1) is 10.2. The second-order valence-electron chi connectivity index (χ2n) is 6.10. The van der Waals surface area contributed by atoms with E-state index in [0.29, 0.717) is 17.2 Å². The lowest BCUT2D eigenvalue weighted by Gasteiger charge is -2.34. The van der Waals surface area contributed by atoms with E-state index in [1.807, 2.05) is 0 Å². The highest BCUT2D eigenvalue weighted by molar-refractivity contribution is 8.00. The average molecular weight is 308 g/mol. The molecular weight excluding hydrogens is 278 g/mol. The quantitative estimate of drug-likeness (QED) is 0.812. The van der Waals surface area contributed by atoms with Crippen molar-refractivity contribution in [3.8, 4) is 0 Å². The minimum Gasteiger partial charge on any atom is -0.381 e. The Kier molecular flexibility index (Phi) is 7.08. The van der Waals surface area contributed by atoms with Crippen molar-refractivity contribution >= 4 is 11.8 Å². The van der Waals surface area contributed by atoms with Gasteiger partial charge in [0.25, 0.3) is 0 Å². The molecule has 1 aliphatic heterocycles. The zero-order chi connectivity index (χ0) is 15.1. The molecule has 1 saturated heterocycles. The Bertz CT molecular complexity index is 389. The fourth-order valence-corrected chi connectivity index (χ4v) is 4.59. The maximum absolute atomic E-state index is 5.51. The fourth-order valence-electron chi connectivity index (χ4n) is 2.96. The number of rotatable bonds is 7. The third-order valence-electron chi connectivity index (χ3n) is 4.09. The van der Waals surface area contributed by atoms with Gasteiger partial charge in [0.15, 0.2) is 0 Å². The van der Waals surface area contributed by atoms with Crippen LogP contribution in [0.4, 0.5) is 0 Å². The number of hydrogen-bond acceptors (Lipinski definition) is 3. The predicted octanol–water partition coefficient (Wildman–Crippen LogP) is 4.27. The van der Waals surface area contributed by atoms with Crippen molar-refractivity contribution in [1.82, 2.24) is 5.32 Å². The fraction of sp³-hybridized carbons (Fsp3) is 0.667. The Hall–Kier alpha value is -0.510. The second-order valence-corrected chi connectivity index (χ2v) is 7.59. The van der Waals surface area contributed by atoms with Crippen molar-refractivity contribution in [2.45, 2.75) is 50.2 Å². The molecule has 21 heavy (non-hydrogen) atoms. The van der Waals surface area contributed by atoms with Crippen LogP contribution in [-0.2, 0) is 4.74 Å². The molecule has 0 aromatic heterocycles. The van der Waals surface area contributed by atoms with Gasteiger partial charge in [0.05, 0.1) is 0 Å². The summed E-state index contributed by atoms with van der Waals surface area (Å²) in [6.07, 6.45) is 2.39. The first-order valence-electron chi connectivity index (χ1n) is 8.24. The first kappa shape index (κ1) is 16.9. The molecular formula is C18H29NOS. The van der Waals surface area contributed by atoms with Crippen molar-refractivity contribution in [3.63, 3.8) is 0 Å². The molecule has 118 valence electrons. The van der Waals surface area contributed by atoms with Crippen molar-refractivity contribution < 1.29 is 4.74 Å². The van der Waals surface area contributed by atoms with E-state index in [1.165, 1.54) is 18.4 Å². The summed E-state index contributed by atoms with van der Waals surface area (Å²) in [6.45, 7) is 9.78. The second kappa shape index (κ2) is 8.82. The van der Waals surface area contributed by atoms with Gasteiger partial charge >= 0.3 is 0 Å². The summed E-state index contributed by atoms with van der Waals surface area (Å²) in [5.41, 5.74) is 1.41. The van der Waals surface area contributed by atoms with E-state index in [4.69, 9.17) is 4.74 Å². The Morgan fingerprint density at radius 3 is 2.43 bits per heavy atom. The van der Waals surface area contributed by atoms with Crippen molar-refractivity contribution in [2.75, 3.05) is 19.8 Å². The summed E-state index contributed by atoms with van der Waals surface area (Å²) in [4.78, 5) is 0. The third-order valence-corrected chi connectivity index (χ3v) is 6.07. The van der Waals surface area contributed by atoms with Crippen LogP contribution in [0.25, 0.3) is 0 Å². The highest BCUT2D eigenvalue weighted by Gasteiger charge is 2.29. The number of benzene rings is 1. The van der Waals surface area contributed by atoms with Gasteiger partial charge < -0.3 is 10.1 Å². The van der Waals surface area contributed by atoms with E-state index >= 15 is 0 Å². The van der Waals surface area contributed by atoms with Crippen LogP contribution in [0.15, 0.2) is 30.3 Å². The van der Waals surface area contributed by atoms with Crippen LogP contribution >= 0.6 is 11.8 Å². The number of nitrogens with one attached hydrogen (secondary N) is 1. The molecule has 1 fully saturated rings. The molecule has 3 heteroatoms. The normalized spacial score (nSPS) is 19.6. The molecule has 2 nitrogen and oxygen atoms in total. The van der Waals surface area contributed by atoms with Gasteiger partial charge in [-0.3, -0.25) is 0 Å². The van der Waals surface area contributed by atoms with Crippen molar-refractivity contribution in [2.24, 2.45) is 5.92 Å². The predicted molar refractivity (Wildman–Crippen MR) is 92.9 cm³/mol. The van der Waals surface area contributed by atoms with Crippen molar-refractivity contribution in [3.05, 3.63) is 35.9 Å². The smallest absolute Gasteiger partial charge is 0.0476 e. The maximum Gasteiger partial charge on any atom is 0.0476 e. The Balaban J connectivity index is 2.12. The minimum absolute atomic E-state index is 0.434. The molecule has 0 radical (unpaired) electrons.